The minimum Gasteiger partial charge on any atom is -0.481 e. The zero-order chi connectivity index (χ0) is 13.6. The largest absolute Gasteiger partial charge is 0.481 e. The summed E-state index contributed by atoms with van der Waals surface area (Å²) in [6.07, 6.45) is 6.72. The Hall–Kier alpha value is -1.45. The molecule has 0 fully saturated rings. The average molecular weight is 250 g/mol. The normalized spacial score (nSPS) is 10.8. The number of aliphatic carboxylic acids is 1. The Morgan fingerprint density at radius 3 is 2.28 bits per heavy atom. The van der Waals surface area contributed by atoms with Crippen molar-refractivity contribution in [3.63, 3.8) is 0 Å². The summed E-state index contributed by atoms with van der Waals surface area (Å²) in [6.45, 7) is 1.61. The molecular formula is C15H22O3. The molecule has 18 heavy (non-hydrogen) atoms. The summed E-state index contributed by atoms with van der Waals surface area (Å²) in [6, 6.07) is 0. The van der Waals surface area contributed by atoms with Crippen LogP contribution in [0.3, 0.4) is 0 Å². The van der Waals surface area contributed by atoms with Crippen LogP contribution < -0.4 is 0 Å². The molecule has 1 unspecified atom stereocenters. The molecule has 0 amide bonds. The van der Waals surface area contributed by atoms with Gasteiger partial charge < -0.3 is 10.2 Å². The van der Waals surface area contributed by atoms with Crippen molar-refractivity contribution in [2.24, 2.45) is 0 Å². The second-order valence-corrected chi connectivity index (χ2v) is 4.26. The summed E-state index contributed by atoms with van der Waals surface area (Å²) in [4.78, 5) is 10.3. The zero-order valence-corrected chi connectivity index (χ0v) is 11.0. The van der Waals surface area contributed by atoms with Crippen LogP contribution in [0.4, 0.5) is 0 Å². The number of carbonyl (C=O) groups is 1. The Labute approximate surface area is 110 Å². The van der Waals surface area contributed by atoms with E-state index in [1.807, 2.05) is 0 Å². The van der Waals surface area contributed by atoms with Gasteiger partial charge in [0.1, 0.15) is 6.10 Å². The van der Waals surface area contributed by atoms with Crippen LogP contribution in [0.1, 0.15) is 58.3 Å². The van der Waals surface area contributed by atoms with Crippen molar-refractivity contribution in [1.82, 2.24) is 0 Å². The summed E-state index contributed by atoms with van der Waals surface area (Å²) in [5.41, 5.74) is 0. The third kappa shape index (κ3) is 14.6. The fourth-order valence-corrected chi connectivity index (χ4v) is 1.44. The van der Waals surface area contributed by atoms with Gasteiger partial charge >= 0.3 is 5.97 Å². The monoisotopic (exact) mass is 250 g/mol. The molecule has 0 aliphatic heterocycles. The van der Waals surface area contributed by atoms with Crippen molar-refractivity contribution in [3.05, 3.63) is 0 Å². The molecule has 0 spiro atoms. The van der Waals surface area contributed by atoms with Crippen molar-refractivity contribution in [2.45, 2.75) is 64.4 Å². The van der Waals surface area contributed by atoms with Crippen LogP contribution in [0.2, 0.25) is 0 Å². The molecule has 0 saturated heterocycles. The van der Waals surface area contributed by atoms with Crippen LogP contribution >= 0.6 is 0 Å². The molecule has 2 N–H and O–H groups in total. The van der Waals surface area contributed by atoms with Crippen molar-refractivity contribution in [2.75, 3.05) is 0 Å². The van der Waals surface area contributed by atoms with Gasteiger partial charge in [0.25, 0.3) is 0 Å². The fraction of sp³-hybridized carbons (Fsp3) is 0.667. The first-order valence-corrected chi connectivity index (χ1v) is 6.51. The fourth-order valence-electron chi connectivity index (χ4n) is 1.44. The second-order valence-electron chi connectivity index (χ2n) is 4.26. The highest BCUT2D eigenvalue weighted by atomic mass is 16.4. The molecule has 3 heteroatoms. The predicted molar refractivity (Wildman–Crippen MR) is 71.8 cm³/mol. The highest BCUT2D eigenvalue weighted by molar-refractivity contribution is 5.66. The van der Waals surface area contributed by atoms with Gasteiger partial charge in [-0.2, -0.15) is 0 Å². The lowest BCUT2D eigenvalue weighted by molar-refractivity contribution is -0.137. The molecule has 0 saturated carbocycles. The summed E-state index contributed by atoms with van der Waals surface area (Å²) in [7, 11) is 0. The molecule has 3 nitrogen and oxygen atoms in total. The SMILES string of the molecule is CC(O)C#CC#CCCCCCCCCC(=O)O. The number of unbranched alkanes of at least 4 members (excludes halogenated alkanes) is 6. The average Bonchev–Trinajstić information content (AvgIpc) is 2.29. The number of hydrogen-bond acceptors (Lipinski definition) is 2. The summed E-state index contributed by atoms with van der Waals surface area (Å²) >= 11 is 0. The van der Waals surface area contributed by atoms with Crippen LogP contribution in [-0.4, -0.2) is 22.3 Å². The Bertz CT molecular complexity index is 336. The van der Waals surface area contributed by atoms with Gasteiger partial charge in [-0.3, -0.25) is 4.79 Å². The van der Waals surface area contributed by atoms with E-state index in [1.165, 1.54) is 0 Å². The second kappa shape index (κ2) is 12.0. The van der Waals surface area contributed by atoms with E-state index >= 15 is 0 Å². The van der Waals surface area contributed by atoms with Gasteiger partial charge in [-0.05, 0) is 31.6 Å². The van der Waals surface area contributed by atoms with E-state index in [2.05, 4.69) is 23.7 Å². The quantitative estimate of drug-likeness (QED) is 0.514. The molecule has 0 aromatic rings. The topological polar surface area (TPSA) is 57.5 Å². The highest BCUT2D eigenvalue weighted by Gasteiger charge is 1.95. The van der Waals surface area contributed by atoms with E-state index in [0.717, 1.165) is 44.9 Å². The maximum Gasteiger partial charge on any atom is 0.303 e. The van der Waals surface area contributed by atoms with Crippen molar-refractivity contribution in [1.29, 1.82) is 0 Å². The number of aliphatic hydroxyl groups excluding tert-OH is 1. The lowest BCUT2D eigenvalue weighted by Gasteiger charge is -1.98. The zero-order valence-electron chi connectivity index (χ0n) is 11.0. The van der Waals surface area contributed by atoms with Gasteiger partial charge in [0.15, 0.2) is 0 Å². The summed E-state index contributed by atoms with van der Waals surface area (Å²) < 4.78 is 0. The lowest BCUT2D eigenvalue weighted by atomic mass is 10.1. The lowest BCUT2D eigenvalue weighted by Crippen LogP contribution is -1.93. The minimum atomic E-state index is -0.705. The summed E-state index contributed by atoms with van der Waals surface area (Å²) in [5, 5.41) is 17.3. The van der Waals surface area contributed by atoms with Crippen molar-refractivity contribution >= 4 is 5.97 Å². The third-order valence-electron chi connectivity index (χ3n) is 2.37. The van der Waals surface area contributed by atoms with E-state index in [0.29, 0.717) is 0 Å². The number of carboxylic acids is 1. The molecule has 0 rings (SSSR count). The van der Waals surface area contributed by atoms with E-state index in [4.69, 9.17) is 10.2 Å². The van der Waals surface area contributed by atoms with Gasteiger partial charge in [0, 0.05) is 12.8 Å². The van der Waals surface area contributed by atoms with E-state index < -0.39 is 12.1 Å². The molecule has 0 aliphatic carbocycles. The molecule has 0 heterocycles. The van der Waals surface area contributed by atoms with Crippen LogP contribution in [-0.2, 0) is 4.79 Å². The summed E-state index contributed by atoms with van der Waals surface area (Å²) in [5.74, 6) is 10.1. The highest BCUT2D eigenvalue weighted by Crippen LogP contribution is 2.08. The van der Waals surface area contributed by atoms with Gasteiger partial charge in [-0.25, -0.2) is 0 Å². The first-order chi connectivity index (χ1) is 8.63. The first kappa shape index (κ1) is 16.6. The molecule has 0 aromatic heterocycles. The van der Waals surface area contributed by atoms with Crippen molar-refractivity contribution < 1.29 is 15.0 Å². The van der Waals surface area contributed by atoms with E-state index in [1.54, 1.807) is 6.92 Å². The number of carboxylic acid groups (broad SMARTS) is 1. The van der Waals surface area contributed by atoms with Gasteiger partial charge in [0.05, 0.1) is 0 Å². The molecule has 0 aromatic carbocycles. The van der Waals surface area contributed by atoms with Gasteiger partial charge in [-0.15, -0.1) is 0 Å². The van der Waals surface area contributed by atoms with Gasteiger partial charge in [0.2, 0.25) is 0 Å². The number of rotatable bonds is 8. The Kier molecular flexibility index (Phi) is 11.1. The van der Waals surface area contributed by atoms with Crippen LogP contribution in [0.15, 0.2) is 0 Å². The standard InChI is InChI=1S/C15H22O3/c1-14(16)12-10-8-6-4-2-3-5-7-9-11-13-15(17)18/h14,16H,2-5,7,9,11,13H2,1H3,(H,17,18). The molecule has 0 radical (unpaired) electrons. The van der Waals surface area contributed by atoms with E-state index in [9.17, 15) is 4.79 Å². The third-order valence-corrected chi connectivity index (χ3v) is 2.37. The Morgan fingerprint density at radius 2 is 1.67 bits per heavy atom. The maximum atomic E-state index is 10.3. The molecule has 0 bridgehead atoms. The molecule has 100 valence electrons. The maximum absolute atomic E-state index is 10.3. The number of hydrogen-bond donors (Lipinski definition) is 2. The van der Waals surface area contributed by atoms with E-state index in [-0.39, 0.29) is 6.42 Å². The Morgan fingerprint density at radius 1 is 1.06 bits per heavy atom. The Balaban J connectivity index is 3.26. The van der Waals surface area contributed by atoms with Crippen LogP contribution in [0.25, 0.3) is 0 Å². The minimum absolute atomic E-state index is 0.285. The van der Waals surface area contributed by atoms with Gasteiger partial charge in [-0.1, -0.05) is 37.5 Å². The van der Waals surface area contributed by atoms with Crippen LogP contribution in [0, 0.1) is 23.7 Å². The predicted octanol–water partition coefficient (Wildman–Crippen LogP) is 2.58. The first-order valence-electron chi connectivity index (χ1n) is 6.51. The molecule has 0 aliphatic rings. The number of aliphatic hydroxyl groups is 1. The van der Waals surface area contributed by atoms with Crippen LogP contribution in [0.5, 0.6) is 0 Å². The molecule has 1 atom stereocenters. The van der Waals surface area contributed by atoms with Crippen molar-refractivity contribution in [3.8, 4) is 23.7 Å². The molecular weight excluding hydrogens is 228 g/mol. The smallest absolute Gasteiger partial charge is 0.303 e.